The molecule has 2 N–H and O–H groups in total. The van der Waals surface area contributed by atoms with Gasteiger partial charge in [-0.3, -0.25) is 9.82 Å². The van der Waals surface area contributed by atoms with E-state index in [1.54, 1.807) is 25.1 Å². The molecule has 0 radical (unpaired) electrons. The largest absolute Gasteiger partial charge is 0.281 e. The van der Waals surface area contributed by atoms with E-state index >= 15 is 0 Å². The molecule has 0 saturated heterocycles. The first kappa shape index (κ1) is 13.6. The first-order valence-corrected chi connectivity index (χ1v) is 7.95. The first-order chi connectivity index (χ1) is 8.38. The summed E-state index contributed by atoms with van der Waals surface area (Å²) in [7, 11) is -3.65. The van der Waals surface area contributed by atoms with E-state index in [4.69, 9.17) is 0 Å². The maximum atomic E-state index is 12.1. The molecular weight excluding hydrogens is 386 g/mol. The zero-order valence-electron chi connectivity index (χ0n) is 9.24. The lowest BCUT2D eigenvalue weighted by Gasteiger charge is -2.07. The van der Waals surface area contributed by atoms with Gasteiger partial charge in [0.1, 0.15) is 4.90 Å². The normalized spacial score (nSPS) is 11.5. The van der Waals surface area contributed by atoms with Gasteiger partial charge in [-0.15, -0.1) is 0 Å². The van der Waals surface area contributed by atoms with Gasteiger partial charge in [0.2, 0.25) is 0 Å². The summed E-state index contributed by atoms with van der Waals surface area (Å²) in [6.07, 6.45) is 0. The Hall–Kier alpha value is -0.860. The molecule has 0 atom stereocenters. The predicted molar refractivity (Wildman–Crippen MR) is 76.0 cm³/mol. The van der Waals surface area contributed by atoms with Crippen LogP contribution in [0.25, 0.3) is 0 Å². The second-order valence-corrected chi connectivity index (χ2v) is 7.04. The lowest BCUT2D eigenvalue weighted by Crippen LogP contribution is -2.13. The zero-order chi connectivity index (χ0) is 13.3. The van der Waals surface area contributed by atoms with Gasteiger partial charge in [-0.05, 0) is 41.1 Å². The van der Waals surface area contributed by atoms with Gasteiger partial charge in [0.25, 0.3) is 10.0 Å². The van der Waals surface area contributed by atoms with E-state index in [9.17, 15) is 8.42 Å². The van der Waals surface area contributed by atoms with E-state index in [1.807, 2.05) is 0 Å². The van der Waals surface area contributed by atoms with Crippen LogP contribution in [0.15, 0.2) is 38.1 Å². The molecule has 0 fully saturated rings. The van der Waals surface area contributed by atoms with Gasteiger partial charge in [0, 0.05) is 20.7 Å². The van der Waals surface area contributed by atoms with Crippen LogP contribution in [0.5, 0.6) is 0 Å². The second-order valence-electron chi connectivity index (χ2n) is 3.62. The molecule has 1 aromatic carbocycles. The van der Waals surface area contributed by atoms with Gasteiger partial charge in [0.15, 0.2) is 5.82 Å². The van der Waals surface area contributed by atoms with Crippen molar-refractivity contribution in [3.8, 4) is 0 Å². The van der Waals surface area contributed by atoms with Gasteiger partial charge in [-0.2, -0.15) is 5.10 Å². The molecule has 0 aliphatic carbocycles. The second kappa shape index (κ2) is 5.02. The van der Waals surface area contributed by atoms with Crippen molar-refractivity contribution >= 4 is 47.7 Å². The van der Waals surface area contributed by atoms with Crippen LogP contribution >= 0.6 is 31.9 Å². The minimum Gasteiger partial charge on any atom is -0.281 e. The van der Waals surface area contributed by atoms with Crippen LogP contribution in [0.3, 0.4) is 0 Å². The fraction of sp³-hybridized carbons (Fsp3) is 0.100. The van der Waals surface area contributed by atoms with Crippen molar-refractivity contribution in [3.05, 3.63) is 38.9 Å². The summed E-state index contributed by atoms with van der Waals surface area (Å²) < 4.78 is 27.9. The van der Waals surface area contributed by atoms with E-state index in [2.05, 4.69) is 46.8 Å². The van der Waals surface area contributed by atoms with Crippen molar-refractivity contribution < 1.29 is 8.42 Å². The molecule has 5 nitrogen and oxygen atoms in total. The number of aromatic nitrogens is 2. The van der Waals surface area contributed by atoms with Crippen molar-refractivity contribution in [2.45, 2.75) is 11.8 Å². The van der Waals surface area contributed by atoms with Gasteiger partial charge >= 0.3 is 0 Å². The number of hydrogen-bond acceptors (Lipinski definition) is 3. The molecule has 1 heterocycles. The van der Waals surface area contributed by atoms with Crippen LogP contribution in [0, 0.1) is 6.92 Å². The summed E-state index contributed by atoms with van der Waals surface area (Å²) in [5.41, 5.74) is 0.780. The Kier molecular flexibility index (Phi) is 3.79. The summed E-state index contributed by atoms with van der Waals surface area (Å²) in [6, 6.07) is 6.46. The zero-order valence-corrected chi connectivity index (χ0v) is 13.2. The molecule has 0 unspecified atom stereocenters. The Morgan fingerprint density at radius 3 is 2.56 bits per heavy atom. The van der Waals surface area contributed by atoms with E-state index in [0.29, 0.717) is 4.47 Å². The van der Waals surface area contributed by atoms with Crippen LogP contribution < -0.4 is 4.72 Å². The number of rotatable bonds is 3. The highest BCUT2D eigenvalue weighted by Gasteiger charge is 2.18. The van der Waals surface area contributed by atoms with Gasteiger partial charge < -0.3 is 0 Å². The van der Waals surface area contributed by atoms with Gasteiger partial charge in [-0.1, -0.05) is 15.9 Å². The number of halogens is 2. The Morgan fingerprint density at radius 2 is 2.00 bits per heavy atom. The van der Waals surface area contributed by atoms with E-state index in [-0.39, 0.29) is 10.7 Å². The Balaban J connectivity index is 2.36. The highest BCUT2D eigenvalue weighted by molar-refractivity contribution is 9.11. The summed E-state index contributed by atoms with van der Waals surface area (Å²) >= 11 is 6.49. The fourth-order valence-electron chi connectivity index (χ4n) is 1.36. The number of aryl methyl sites for hydroxylation is 1. The highest BCUT2D eigenvalue weighted by atomic mass is 79.9. The number of hydrogen-bond donors (Lipinski definition) is 2. The molecular formula is C10H9Br2N3O2S. The highest BCUT2D eigenvalue weighted by Crippen LogP contribution is 2.27. The molecule has 18 heavy (non-hydrogen) atoms. The van der Waals surface area contributed by atoms with Crippen LogP contribution in [0.4, 0.5) is 5.82 Å². The number of H-pyrrole nitrogens is 1. The molecule has 0 aliphatic heterocycles. The Labute approximate surface area is 121 Å². The third-order valence-corrected chi connectivity index (χ3v) is 4.95. The maximum Gasteiger partial charge on any atom is 0.264 e. The van der Waals surface area contributed by atoms with Crippen molar-refractivity contribution in [2.24, 2.45) is 0 Å². The third kappa shape index (κ3) is 2.93. The molecule has 1 aromatic heterocycles. The van der Waals surface area contributed by atoms with Gasteiger partial charge in [-0.25, -0.2) is 8.42 Å². The molecule has 0 bridgehead atoms. The number of anilines is 1. The molecule has 0 aliphatic rings. The Morgan fingerprint density at radius 1 is 1.28 bits per heavy atom. The number of nitrogens with one attached hydrogen (secondary N) is 2. The molecule has 0 saturated carbocycles. The number of sulfonamides is 1. The third-order valence-electron chi connectivity index (χ3n) is 2.13. The first-order valence-electron chi connectivity index (χ1n) is 4.88. The molecule has 8 heteroatoms. The lowest BCUT2D eigenvalue weighted by atomic mass is 10.4. The molecule has 2 aromatic rings. The molecule has 96 valence electrons. The number of nitrogens with zero attached hydrogens (tertiary/aromatic N) is 1. The van der Waals surface area contributed by atoms with Crippen LogP contribution in [0.1, 0.15) is 5.69 Å². The van der Waals surface area contributed by atoms with Crippen LogP contribution in [-0.2, 0) is 10.0 Å². The quantitative estimate of drug-likeness (QED) is 0.839. The van der Waals surface area contributed by atoms with Crippen molar-refractivity contribution in [1.29, 1.82) is 0 Å². The van der Waals surface area contributed by atoms with Crippen molar-refractivity contribution in [3.63, 3.8) is 0 Å². The van der Waals surface area contributed by atoms with Crippen molar-refractivity contribution in [2.75, 3.05) is 4.72 Å². The monoisotopic (exact) mass is 393 g/mol. The lowest BCUT2D eigenvalue weighted by molar-refractivity contribution is 0.600. The summed E-state index contributed by atoms with van der Waals surface area (Å²) in [4.78, 5) is 0.159. The standard InChI is InChI=1S/C10H9Br2N3O2S/c1-6-4-10(14-13-6)15-18(16,17)9-3-2-7(11)5-8(9)12/h2-5H,1H3,(H2,13,14,15). The van der Waals surface area contributed by atoms with Gasteiger partial charge in [0.05, 0.1) is 0 Å². The van der Waals surface area contributed by atoms with Crippen LogP contribution in [-0.4, -0.2) is 18.6 Å². The van der Waals surface area contributed by atoms with E-state index in [1.165, 1.54) is 6.07 Å². The molecule has 0 amide bonds. The number of benzene rings is 1. The average molecular weight is 395 g/mol. The molecule has 2 rings (SSSR count). The van der Waals surface area contributed by atoms with E-state index < -0.39 is 10.0 Å². The topological polar surface area (TPSA) is 74.8 Å². The minimum atomic E-state index is -3.65. The Bertz CT molecular complexity index is 682. The summed E-state index contributed by atoms with van der Waals surface area (Å²) in [6.45, 7) is 1.79. The van der Waals surface area contributed by atoms with Crippen molar-refractivity contribution in [1.82, 2.24) is 10.2 Å². The minimum absolute atomic E-state index is 0.159. The summed E-state index contributed by atoms with van der Waals surface area (Å²) in [5, 5.41) is 6.50. The smallest absolute Gasteiger partial charge is 0.264 e. The summed E-state index contributed by atoms with van der Waals surface area (Å²) in [5.74, 6) is 0.266. The maximum absolute atomic E-state index is 12.1. The molecule has 0 spiro atoms. The fourth-order valence-corrected chi connectivity index (χ4v) is 4.10. The SMILES string of the molecule is Cc1cc(NS(=O)(=O)c2ccc(Br)cc2Br)n[nH]1. The van der Waals surface area contributed by atoms with E-state index in [0.717, 1.165) is 10.2 Å². The average Bonchev–Trinajstić information content (AvgIpc) is 2.62. The predicted octanol–water partition coefficient (Wildman–Crippen LogP) is 3.04. The van der Waals surface area contributed by atoms with Crippen LogP contribution in [0.2, 0.25) is 0 Å². The number of aromatic amines is 1.